The van der Waals surface area contributed by atoms with E-state index in [2.05, 4.69) is 12.2 Å². The van der Waals surface area contributed by atoms with Crippen LogP contribution in [0.1, 0.15) is 19.1 Å². The SMILES string of the molecule is CCCNCc1ccc(-c2cc(Cl)ccc2Cl)o1. The van der Waals surface area contributed by atoms with Crippen molar-refractivity contribution in [3.8, 4) is 11.3 Å². The Balaban J connectivity index is 2.16. The fourth-order valence-electron chi connectivity index (χ4n) is 1.69. The quantitative estimate of drug-likeness (QED) is 0.801. The van der Waals surface area contributed by atoms with E-state index in [1.807, 2.05) is 18.2 Å². The van der Waals surface area contributed by atoms with Gasteiger partial charge in [-0.3, -0.25) is 0 Å². The molecule has 1 aromatic carbocycles. The van der Waals surface area contributed by atoms with Crippen molar-refractivity contribution in [1.82, 2.24) is 5.32 Å². The summed E-state index contributed by atoms with van der Waals surface area (Å²) in [6.45, 7) is 3.84. The maximum atomic E-state index is 6.13. The van der Waals surface area contributed by atoms with Gasteiger partial charge in [0.2, 0.25) is 0 Å². The molecular weight excluding hydrogens is 269 g/mol. The molecule has 2 nitrogen and oxygen atoms in total. The summed E-state index contributed by atoms with van der Waals surface area (Å²) in [4.78, 5) is 0. The number of hydrogen-bond acceptors (Lipinski definition) is 2. The minimum absolute atomic E-state index is 0.641. The van der Waals surface area contributed by atoms with Crippen LogP contribution >= 0.6 is 23.2 Å². The van der Waals surface area contributed by atoms with Crippen LogP contribution in [0.5, 0.6) is 0 Å². The molecule has 2 aromatic rings. The first-order valence-corrected chi connectivity index (χ1v) is 6.71. The van der Waals surface area contributed by atoms with Crippen molar-refractivity contribution in [1.29, 1.82) is 0 Å². The summed E-state index contributed by atoms with van der Waals surface area (Å²) in [5, 5.41) is 4.58. The lowest BCUT2D eigenvalue weighted by molar-refractivity contribution is 0.493. The Hall–Kier alpha value is -0.960. The summed E-state index contributed by atoms with van der Waals surface area (Å²) in [6, 6.07) is 9.22. The monoisotopic (exact) mass is 283 g/mol. The van der Waals surface area contributed by atoms with Gasteiger partial charge in [-0.1, -0.05) is 30.1 Å². The normalized spacial score (nSPS) is 10.8. The van der Waals surface area contributed by atoms with E-state index < -0.39 is 0 Å². The van der Waals surface area contributed by atoms with Gasteiger partial charge in [0.25, 0.3) is 0 Å². The van der Waals surface area contributed by atoms with E-state index in [0.717, 1.165) is 36.6 Å². The number of rotatable bonds is 5. The molecule has 1 heterocycles. The standard InChI is InChI=1S/C14H15Cl2NO/c1-2-7-17-9-11-4-6-14(18-11)12-8-10(15)3-5-13(12)16/h3-6,8,17H,2,7,9H2,1H3. The number of benzene rings is 1. The smallest absolute Gasteiger partial charge is 0.135 e. The van der Waals surface area contributed by atoms with Gasteiger partial charge in [-0.2, -0.15) is 0 Å². The van der Waals surface area contributed by atoms with Crippen LogP contribution < -0.4 is 5.32 Å². The molecule has 0 aliphatic carbocycles. The van der Waals surface area contributed by atoms with E-state index in [-0.39, 0.29) is 0 Å². The minimum atomic E-state index is 0.641. The molecular formula is C14H15Cl2NO. The third-order valence-electron chi connectivity index (χ3n) is 2.58. The summed E-state index contributed by atoms with van der Waals surface area (Å²) in [5.41, 5.74) is 0.825. The fraction of sp³-hybridized carbons (Fsp3) is 0.286. The second kappa shape index (κ2) is 6.28. The Bertz CT molecular complexity index is 522. The summed E-state index contributed by atoms with van der Waals surface area (Å²) in [7, 11) is 0. The molecule has 0 saturated heterocycles. The van der Waals surface area contributed by atoms with Crippen LogP contribution in [-0.4, -0.2) is 6.54 Å². The van der Waals surface area contributed by atoms with Crippen molar-refractivity contribution < 1.29 is 4.42 Å². The molecule has 2 rings (SSSR count). The molecule has 1 N–H and O–H groups in total. The molecule has 0 aliphatic heterocycles. The second-order valence-corrected chi connectivity index (χ2v) is 4.91. The number of halogens is 2. The Kier molecular flexibility index (Phi) is 4.70. The van der Waals surface area contributed by atoms with Crippen LogP contribution in [0.4, 0.5) is 0 Å². The zero-order chi connectivity index (χ0) is 13.0. The number of hydrogen-bond donors (Lipinski definition) is 1. The van der Waals surface area contributed by atoms with Crippen molar-refractivity contribution >= 4 is 23.2 Å². The zero-order valence-corrected chi connectivity index (χ0v) is 11.7. The van der Waals surface area contributed by atoms with Gasteiger partial charge in [-0.05, 0) is 43.3 Å². The highest BCUT2D eigenvalue weighted by atomic mass is 35.5. The average Bonchev–Trinajstić information content (AvgIpc) is 2.81. The molecule has 0 spiro atoms. The predicted molar refractivity (Wildman–Crippen MR) is 76.2 cm³/mol. The van der Waals surface area contributed by atoms with Crippen LogP contribution in [-0.2, 0) is 6.54 Å². The molecule has 0 radical (unpaired) electrons. The summed E-state index contributed by atoms with van der Waals surface area (Å²) in [6.07, 6.45) is 1.10. The Morgan fingerprint density at radius 3 is 2.78 bits per heavy atom. The molecule has 0 unspecified atom stereocenters. The molecule has 0 saturated carbocycles. The Morgan fingerprint density at radius 2 is 2.00 bits per heavy atom. The van der Waals surface area contributed by atoms with Gasteiger partial charge in [0, 0.05) is 10.6 Å². The molecule has 0 bridgehead atoms. The van der Waals surface area contributed by atoms with Gasteiger partial charge in [0.15, 0.2) is 0 Å². The van der Waals surface area contributed by atoms with Gasteiger partial charge in [0.05, 0.1) is 11.6 Å². The Morgan fingerprint density at radius 1 is 1.17 bits per heavy atom. The molecule has 0 fully saturated rings. The molecule has 0 aliphatic rings. The zero-order valence-electron chi connectivity index (χ0n) is 10.2. The van der Waals surface area contributed by atoms with Gasteiger partial charge in [-0.25, -0.2) is 0 Å². The molecule has 18 heavy (non-hydrogen) atoms. The van der Waals surface area contributed by atoms with Gasteiger partial charge in [-0.15, -0.1) is 0 Å². The maximum absolute atomic E-state index is 6.13. The fourth-order valence-corrected chi connectivity index (χ4v) is 2.08. The van der Waals surface area contributed by atoms with Crippen LogP contribution in [0.3, 0.4) is 0 Å². The summed E-state index contributed by atoms with van der Waals surface area (Å²) < 4.78 is 5.75. The second-order valence-electron chi connectivity index (χ2n) is 4.07. The lowest BCUT2D eigenvalue weighted by Crippen LogP contribution is -2.12. The molecule has 1 aromatic heterocycles. The minimum Gasteiger partial charge on any atom is -0.460 e. The molecule has 4 heteroatoms. The lowest BCUT2D eigenvalue weighted by Gasteiger charge is -2.02. The van der Waals surface area contributed by atoms with E-state index in [4.69, 9.17) is 27.6 Å². The van der Waals surface area contributed by atoms with Crippen LogP contribution in [0, 0.1) is 0 Å². The summed E-state index contributed by atoms with van der Waals surface area (Å²) >= 11 is 12.1. The molecule has 96 valence electrons. The Labute approximate surface area is 117 Å². The first kappa shape index (κ1) is 13.5. The van der Waals surface area contributed by atoms with Crippen molar-refractivity contribution in [3.63, 3.8) is 0 Å². The van der Waals surface area contributed by atoms with E-state index in [1.165, 1.54) is 0 Å². The van der Waals surface area contributed by atoms with Gasteiger partial charge >= 0.3 is 0 Å². The average molecular weight is 284 g/mol. The first-order chi connectivity index (χ1) is 8.70. The first-order valence-electron chi connectivity index (χ1n) is 5.95. The summed E-state index contributed by atoms with van der Waals surface area (Å²) in [5.74, 6) is 1.64. The highest BCUT2D eigenvalue weighted by molar-refractivity contribution is 6.35. The van der Waals surface area contributed by atoms with Crippen molar-refractivity contribution in [2.45, 2.75) is 19.9 Å². The largest absolute Gasteiger partial charge is 0.460 e. The van der Waals surface area contributed by atoms with Crippen LogP contribution in [0.25, 0.3) is 11.3 Å². The lowest BCUT2D eigenvalue weighted by atomic mass is 10.2. The third-order valence-corrected chi connectivity index (χ3v) is 3.15. The maximum Gasteiger partial charge on any atom is 0.135 e. The van der Waals surface area contributed by atoms with Crippen molar-refractivity contribution in [2.75, 3.05) is 6.54 Å². The highest BCUT2D eigenvalue weighted by Gasteiger charge is 2.09. The van der Waals surface area contributed by atoms with Crippen LogP contribution in [0.2, 0.25) is 10.0 Å². The van der Waals surface area contributed by atoms with Crippen LogP contribution in [0.15, 0.2) is 34.7 Å². The molecule has 0 atom stereocenters. The number of nitrogens with one attached hydrogen (secondary N) is 1. The van der Waals surface area contributed by atoms with Gasteiger partial charge in [0.1, 0.15) is 11.5 Å². The highest BCUT2D eigenvalue weighted by Crippen LogP contribution is 2.31. The topological polar surface area (TPSA) is 25.2 Å². The third kappa shape index (κ3) is 3.29. The molecule has 0 amide bonds. The van der Waals surface area contributed by atoms with Gasteiger partial charge < -0.3 is 9.73 Å². The van der Waals surface area contributed by atoms with E-state index >= 15 is 0 Å². The van der Waals surface area contributed by atoms with E-state index in [9.17, 15) is 0 Å². The van der Waals surface area contributed by atoms with Crippen molar-refractivity contribution in [3.05, 3.63) is 46.1 Å². The van der Waals surface area contributed by atoms with E-state index in [0.29, 0.717) is 10.0 Å². The predicted octanol–water partition coefficient (Wildman–Crippen LogP) is 4.75. The van der Waals surface area contributed by atoms with Crippen molar-refractivity contribution in [2.24, 2.45) is 0 Å². The number of furan rings is 1. The van der Waals surface area contributed by atoms with E-state index in [1.54, 1.807) is 12.1 Å².